The highest BCUT2D eigenvalue weighted by molar-refractivity contribution is 5.40. The zero-order valence-electron chi connectivity index (χ0n) is 11.2. The number of halogens is 5. The molecule has 0 N–H and O–H groups in total. The van der Waals surface area contributed by atoms with Crippen molar-refractivity contribution < 1.29 is 26.7 Å². The molecule has 0 aliphatic rings. The molecule has 22 heavy (non-hydrogen) atoms. The maximum absolute atomic E-state index is 12.7. The van der Waals surface area contributed by atoms with Crippen molar-refractivity contribution in [2.45, 2.75) is 19.2 Å². The van der Waals surface area contributed by atoms with Gasteiger partial charge in [0.1, 0.15) is 12.1 Å². The van der Waals surface area contributed by atoms with Crippen LogP contribution in [0.4, 0.5) is 22.0 Å². The molecule has 2 rings (SSSR count). The number of hydrogen-bond donors (Lipinski definition) is 0. The van der Waals surface area contributed by atoms with Crippen LogP contribution in [0.2, 0.25) is 0 Å². The second-order valence-electron chi connectivity index (χ2n) is 4.16. The van der Waals surface area contributed by atoms with Crippen LogP contribution in [0.25, 0.3) is 11.8 Å². The minimum absolute atomic E-state index is 0.436. The summed E-state index contributed by atoms with van der Waals surface area (Å²) in [5, 5.41) is 4.06. The van der Waals surface area contributed by atoms with Gasteiger partial charge in [-0.3, -0.25) is 0 Å². The van der Waals surface area contributed by atoms with Crippen LogP contribution in [0.1, 0.15) is 12.7 Å². The molecule has 118 valence electrons. The Morgan fingerprint density at radius 3 is 2.27 bits per heavy atom. The fourth-order valence-electron chi connectivity index (χ4n) is 1.50. The average molecular weight is 319 g/mol. The molecule has 0 fully saturated rings. The SMILES string of the molecule is C/C=C/c1ncn(-c2ccc(OC(F)(F)C(F)(F)F)cc2)n1. The monoisotopic (exact) mass is 319 g/mol. The quantitative estimate of drug-likeness (QED) is 0.804. The van der Waals surface area contributed by atoms with Gasteiger partial charge in [0.15, 0.2) is 5.82 Å². The molecular weight excluding hydrogens is 309 g/mol. The van der Waals surface area contributed by atoms with E-state index < -0.39 is 18.0 Å². The van der Waals surface area contributed by atoms with E-state index in [0.29, 0.717) is 11.5 Å². The van der Waals surface area contributed by atoms with E-state index >= 15 is 0 Å². The minimum Gasteiger partial charge on any atom is -0.426 e. The van der Waals surface area contributed by atoms with E-state index in [1.54, 1.807) is 19.1 Å². The molecule has 1 aromatic heterocycles. The summed E-state index contributed by atoms with van der Waals surface area (Å²) in [6.07, 6.45) is -6.26. The molecule has 4 nitrogen and oxygen atoms in total. The third-order valence-corrected chi connectivity index (χ3v) is 2.50. The molecule has 0 bridgehead atoms. The van der Waals surface area contributed by atoms with Crippen molar-refractivity contribution in [3.05, 3.63) is 42.5 Å². The van der Waals surface area contributed by atoms with Crippen molar-refractivity contribution in [2.24, 2.45) is 0 Å². The molecule has 0 radical (unpaired) electrons. The molecular formula is C13H10F5N3O. The van der Waals surface area contributed by atoms with Crippen molar-refractivity contribution in [3.8, 4) is 11.4 Å². The Morgan fingerprint density at radius 1 is 1.09 bits per heavy atom. The highest BCUT2D eigenvalue weighted by Crippen LogP contribution is 2.37. The summed E-state index contributed by atoms with van der Waals surface area (Å²) in [7, 11) is 0. The molecule has 0 spiro atoms. The topological polar surface area (TPSA) is 39.9 Å². The van der Waals surface area contributed by atoms with Crippen LogP contribution in [0.15, 0.2) is 36.7 Å². The van der Waals surface area contributed by atoms with E-state index in [1.807, 2.05) is 0 Å². The Labute approximate surface area is 121 Å². The van der Waals surface area contributed by atoms with Gasteiger partial charge >= 0.3 is 12.3 Å². The molecule has 2 aromatic rings. The Bertz CT molecular complexity index is 661. The second kappa shape index (κ2) is 5.74. The van der Waals surface area contributed by atoms with Crippen LogP contribution in [-0.2, 0) is 0 Å². The van der Waals surface area contributed by atoms with Crippen LogP contribution in [0.3, 0.4) is 0 Å². The standard InChI is InChI=1S/C13H10F5N3O/c1-2-3-11-19-8-21(20-11)9-4-6-10(7-5-9)22-13(17,18)12(14,15)16/h2-8H,1H3/b3-2+. The van der Waals surface area contributed by atoms with E-state index in [2.05, 4.69) is 14.8 Å². The van der Waals surface area contributed by atoms with Gasteiger partial charge in [-0.15, -0.1) is 5.10 Å². The maximum atomic E-state index is 12.7. The lowest BCUT2D eigenvalue weighted by Gasteiger charge is -2.20. The average Bonchev–Trinajstić information content (AvgIpc) is 2.87. The lowest BCUT2D eigenvalue weighted by atomic mass is 10.3. The first-order chi connectivity index (χ1) is 10.2. The maximum Gasteiger partial charge on any atom is 0.499 e. The number of rotatable bonds is 4. The van der Waals surface area contributed by atoms with E-state index in [-0.39, 0.29) is 0 Å². The molecule has 0 aliphatic carbocycles. The molecule has 1 aromatic carbocycles. The van der Waals surface area contributed by atoms with Crippen molar-refractivity contribution in [1.82, 2.24) is 14.8 Å². The van der Waals surface area contributed by atoms with Gasteiger partial charge in [-0.2, -0.15) is 22.0 Å². The van der Waals surface area contributed by atoms with Crippen LogP contribution in [0, 0.1) is 0 Å². The Kier molecular flexibility index (Phi) is 4.16. The van der Waals surface area contributed by atoms with E-state index in [4.69, 9.17) is 0 Å². The van der Waals surface area contributed by atoms with Crippen LogP contribution < -0.4 is 4.74 Å². The zero-order valence-corrected chi connectivity index (χ0v) is 11.2. The van der Waals surface area contributed by atoms with Gasteiger partial charge in [0.25, 0.3) is 0 Å². The number of nitrogens with zero attached hydrogens (tertiary/aromatic N) is 3. The smallest absolute Gasteiger partial charge is 0.426 e. The number of ether oxygens (including phenoxy) is 1. The highest BCUT2D eigenvalue weighted by atomic mass is 19.4. The normalized spacial score (nSPS) is 12.8. The Morgan fingerprint density at radius 2 is 1.73 bits per heavy atom. The minimum atomic E-state index is -5.78. The molecule has 1 heterocycles. The summed E-state index contributed by atoms with van der Waals surface area (Å²) in [6.45, 7) is 1.79. The lowest BCUT2D eigenvalue weighted by molar-refractivity contribution is -0.360. The van der Waals surface area contributed by atoms with E-state index in [0.717, 1.165) is 12.1 Å². The van der Waals surface area contributed by atoms with Gasteiger partial charge in [0.05, 0.1) is 5.69 Å². The van der Waals surface area contributed by atoms with Gasteiger partial charge in [-0.1, -0.05) is 6.08 Å². The molecule has 0 unspecified atom stereocenters. The first kappa shape index (κ1) is 15.9. The third kappa shape index (κ3) is 3.41. The Hall–Kier alpha value is -2.45. The summed E-state index contributed by atoms with van der Waals surface area (Å²) in [5.41, 5.74) is 0.436. The van der Waals surface area contributed by atoms with Gasteiger partial charge < -0.3 is 4.74 Å². The highest BCUT2D eigenvalue weighted by Gasteiger charge is 2.61. The van der Waals surface area contributed by atoms with E-state index in [1.165, 1.54) is 23.1 Å². The molecule has 0 saturated heterocycles. The van der Waals surface area contributed by atoms with Crippen LogP contribution >= 0.6 is 0 Å². The number of benzene rings is 1. The number of allylic oxidation sites excluding steroid dienone is 1. The second-order valence-corrected chi connectivity index (χ2v) is 4.16. The van der Waals surface area contributed by atoms with Gasteiger partial charge in [-0.05, 0) is 37.3 Å². The lowest BCUT2D eigenvalue weighted by Crippen LogP contribution is -2.41. The predicted molar refractivity (Wildman–Crippen MR) is 67.7 cm³/mol. The number of hydrogen-bond acceptors (Lipinski definition) is 3. The zero-order chi connectivity index (χ0) is 16.4. The first-order valence-corrected chi connectivity index (χ1v) is 6.01. The van der Waals surface area contributed by atoms with Crippen LogP contribution in [-0.4, -0.2) is 27.0 Å². The van der Waals surface area contributed by atoms with Gasteiger partial charge in [0, 0.05) is 0 Å². The largest absolute Gasteiger partial charge is 0.499 e. The molecule has 0 atom stereocenters. The summed E-state index contributed by atoms with van der Waals surface area (Å²) in [6, 6.07) is 4.56. The summed E-state index contributed by atoms with van der Waals surface area (Å²) in [5.74, 6) is -0.175. The molecule has 0 aliphatic heterocycles. The van der Waals surface area contributed by atoms with Crippen LogP contribution in [0.5, 0.6) is 5.75 Å². The summed E-state index contributed by atoms with van der Waals surface area (Å²) >= 11 is 0. The fraction of sp³-hybridized carbons (Fsp3) is 0.231. The molecule has 0 saturated carbocycles. The third-order valence-electron chi connectivity index (χ3n) is 2.50. The molecule has 9 heteroatoms. The van der Waals surface area contributed by atoms with Crippen molar-refractivity contribution >= 4 is 6.08 Å². The van der Waals surface area contributed by atoms with Gasteiger partial charge in [0.2, 0.25) is 0 Å². The molecule has 0 amide bonds. The van der Waals surface area contributed by atoms with Gasteiger partial charge in [-0.25, -0.2) is 9.67 Å². The number of aromatic nitrogens is 3. The van der Waals surface area contributed by atoms with Crippen molar-refractivity contribution in [1.29, 1.82) is 0 Å². The van der Waals surface area contributed by atoms with Crippen molar-refractivity contribution in [3.63, 3.8) is 0 Å². The van der Waals surface area contributed by atoms with E-state index in [9.17, 15) is 22.0 Å². The summed E-state index contributed by atoms with van der Waals surface area (Å²) in [4.78, 5) is 3.96. The fourth-order valence-corrected chi connectivity index (χ4v) is 1.50. The number of alkyl halides is 5. The van der Waals surface area contributed by atoms with Crippen molar-refractivity contribution in [2.75, 3.05) is 0 Å². The predicted octanol–water partition coefficient (Wildman–Crippen LogP) is 3.83. The Balaban J connectivity index is 2.16. The first-order valence-electron chi connectivity index (χ1n) is 6.01. The summed E-state index contributed by atoms with van der Waals surface area (Å²) < 4.78 is 66.6.